The molecule has 0 bridgehead atoms. The van der Waals surface area contributed by atoms with Crippen molar-refractivity contribution in [1.82, 2.24) is 4.90 Å². The number of nitrogens with zero attached hydrogens (tertiary/aromatic N) is 1. The second kappa shape index (κ2) is 8.03. The molecule has 4 rings (SSSR count). The molecule has 0 saturated carbocycles. The van der Waals surface area contributed by atoms with Crippen molar-refractivity contribution in [2.24, 2.45) is 0 Å². The van der Waals surface area contributed by atoms with E-state index in [1.165, 1.54) is 5.56 Å². The highest BCUT2D eigenvalue weighted by Crippen LogP contribution is 2.41. The molecule has 2 aliphatic rings. The average molecular weight is 388 g/mol. The zero-order valence-corrected chi connectivity index (χ0v) is 16.2. The Morgan fingerprint density at radius 1 is 1.23 bits per heavy atom. The van der Waals surface area contributed by atoms with E-state index in [4.69, 9.17) is 16.3 Å². The van der Waals surface area contributed by atoms with E-state index < -0.39 is 0 Å². The smallest absolute Gasteiger partial charge is 0.165 e. The van der Waals surface area contributed by atoms with Crippen LogP contribution in [0.15, 0.2) is 47.4 Å². The van der Waals surface area contributed by atoms with Crippen molar-refractivity contribution in [2.75, 3.05) is 32.0 Å². The number of thioether (sulfide) groups is 1. The van der Waals surface area contributed by atoms with Gasteiger partial charge in [-0.25, -0.2) is 0 Å². The Kier molecular flexibility index (Phi) is 5.53. The van der Waals surface area contributed by atoms with Crippen molar-refractivity contribution in [3.05, 3.63) is 58.6 Å². The van der Waals surface area contributed by atoms with Gasteiger partial charge in [-0.05, 0) is 36.6 Å². The largest absolute Gasteiger partial charge is 0.490 e. The lowest BCUT2D eigenvalue weighted by molar-refractivity contribution is 0.0968. The van der Waals surface area contributed by atoms with E-state index in [1.54, 1.807) is 11.8 Å². The molecule has 0 amide bonds. The minimum absolute atomic E-state index is 0.0973. The van der Waals surface area contributed by atoms with E-state index in [-0.39, 0.29) is 5.78 Å². The number of ether oxygens (including phenoxy) is 1. The van der Waals surface area contributed by atoms with Gasteiger partial charge in [0.1, 0.15) is 0 Å². The summed E-state index contributed by atoms with van der Waals surface area (Å²) in [5.74, 6) is 2.28. The summed E-state index contributed by atoms with van der Waals surface area (Å²) in [7, 11) is 0. The van der Waals surface area contributed by atoms with Gasteiger partial charge in [0, 0.05) is 30.8 Å². The predicted molar refractivity (Wildman–Crippen MR) is 107 cm³/mol. The number of hydrogen-bond donors (Lipinski definition) is 0. The number of likely N-dealkylation sites (tertiary alicyclic amines) is 1. The number of hydrogen-bond acceptors (Lipinski definition) is 4. The quantitative estimate of drug-likeness (QED) is 0.683. The molecular weight excluding hydrogens is 366 g/mol. The fraction of sp³-hybridized carbons (Fsp3) is 0.381. The highest BCUT2D eigenvalue weighted by molar-refractivity contribution is 7.99. The van der Waals surface area contributed by atoms with Gasteiger partial charge in [-0.1, -0.05) is 41.9 Å². The van der Waals surface area contributed by atoms with Crippen molar-refractivity contribution >= 4 is 29.1 Å². The maximum absolute atomic E-state index is 12.7. The van der Waals surface area contributed by atoms with Gasteiger partial charge >= 0.3 is 0 Å². The first-order valence-electron chi connectivity index (χ1n) is 9.11. The topological polar surface area (TPSA) is 29.5 Å². The standard InChI is InChI=1S/C21H22ClNO2S/c22-20-17(6-7-19-21(20)25-12-13-26-19)18(24)9-11-23-10-8-16(14-23)15-4-2-1-3-5-15/h1-7,16H,8-14H2. The Labute approximate surface area is 163 Å². The first-order valence-corrected chi connectivity index (χ1v) is 10.5. The summed E-state index contributed by atoms with van der Waals surface area (Å²) in [4.78, 5) is 16.1. The lowest BCUT2D eigenvalue weighted by Gasteiger charge is -2.20. The van der Waals surface area contributed by atoms with Crippen LogP contribution in [-0.4, -0.2) is 42.7 Å². The molecule has 2 aliphatic heterocycles. The molecule has 0 spiro atoms. The monoisotopic (exact) mass is 387 g/mol. The number of ketones is 1. The van der Waals surface area contributed by atoms with Crippen LogP contribution in [0.4, 0.5) is 0 Å². The Bertz CT molecular complexity index is 796. The lowest BCUT2D eigenvalue weighted by Crippen LogP contribution is -2.24. The summed E-state index contributed by atoms with van der Waals surface area (Å²) in [6, 6.07) is 14.5. The Hall–Kier alpha value is -1.49. The molecule has 1 fully saturated rings. The molecule has 0 aliphatic carbocycles. The van der Waals surface area contributed by atoms with Gasteiger partial charge in [0.15, 0.2) is 11.5 Å². The lowest BCUT2D eigenvalue weighted by atomic mass is 9.99. The summed E-state index contributed by atoms with van der Waals surface area (Å²) in [5.41, 5.74) is 1.99. The van der Waals surface area contributed by atoms with E-state index in [0.29, 0.717) is 35.3 Å². The number of Topliss-reactive ketones (excluding diaryl/α,β-unsaturated/α-hetero) is 1. The Morgan fingerprint density at radius 2 is 2.08 bits per heavy atom. The summed E-state index contributed by atoms with van der Waals surface area (Å²) >= 11 is 8.17. The van der Waals surface area contributed by atoms with E-state index >= 15 is 0 Å². The van der Waals surface area contributed by atoms with Gasteiger partial charge < -0.3 is 9.64 Å². The highest BCUT2D eigenvalue weighted by Gasteiger charge is 2.25. The third kappa shape index (κ3) is 3.78. The average Bonchev–Trinajstić information content (AvgIpc) is 3.16. The van der Waals surface area contributed by atoms with Crippen molar-refractivity contribution in [1.29, 1.82) is 0 Å². The number of halogens is 1. The second-order valence-electron chi connectivity index (χ2n) is 6.82. The molecule has 2 heterocycles. The summed E-state index contributed by atoms with van der Waals surface area (Å²) in [6.45, 7) is 3.49. The molecule has 2 aromatic rings. The Balaban J connectivity index is 1.36. The molecule has 26 heavy (non-hydrogen) atoms. The molecule has 2 aromatic carbocycles. The van der Waals surface area contributed by atoms with Crippen LogP contribution in [0.5, 0.6) is 5.75 Å². The second-order valence-corrected chi connectivity index (χ2v) is 8.34. The van der Waals surface area contributed by atoms with Gasteiger partial charge in [0.2, 0.25) is 0 Å². The number of benzene rings is 2. The van der Waals surface area contributed by atoms with E-state index in [9.17, 15) is 4.79 Å². The maximum Gasteiger partial charge on any atom is 0.165 e. The molecule has 0 N–H and O–H groups in total. The molecule has 0 aromatic heterocycles. The van der Waals surface area contributed by atoms with Crippen molar-refractivity contribution in [3.63, 3.8) is 0 Å². The molecule has 0 radical (unpaired) electrons. The van der Waals surface area contributed by atoms with Crippen LogP contribution < -0.4 is 4.74 Å². The molecule has 5 heteroatoms. The van der Waals surface area contributed by atoms with E-state index in [0.717, 1.165) is 36.7 Å². The predicted octanol–water partition coefficient (Wildman–Crippen LogP) is 4.89. The van der Waals surface area contributed by atoms with Crippen molar-refractivity contribution in [3.8, 4) is 5.75 Å². The molecule has 1 unspecified atom stereocenters. The van der Waals surface area contributed by atoms with Gasteiger partial charge in [-0.2, -0.15) is 0 Å². The van der Waals surface area contributed by atoms with Gasteiger partial charge in [-0.15, -0.1) is 11.8 Å². The minimum atomic E-state index is 0.0973. The van der Waals surface area contributed by atoms with Crippen LogP contribution in [0.3, 0.4) is 0 Å². The molecule has 136 valence electrons. The van der Waals surface area contributed by atoms with Crippen LogP contribution in [0.2, 0.25) is 5.02 Å². The minimum Gasteiger partial charge on any atom is -0.490 e. The highest BCUT2D eigenvalue weighted by atomic mass is 35.5. The molecule has 1 atom stereocenters. The van der Waals surface area contributed by atoms with Crippen LogP contribution >= 0.6 is 23.4 Å². The molecule has 1 saturated heterocycles. The van der Waals surface area contributed by atoms with Gasteiger partial charge in [0.25, 0.3) is 0 Å². The van der Waals surface area contributed by atoms with Crippen LogP contribution in [0.25, 0.3) is 0 Å². The summed E-state index contributed by atoms with van der Waals surface area (Å²) < 4.78 is 5.67. The number of carbonyl (C=O) groups excluding carboxylic acids is 1. The fourth-order valence-corrected chi connectivity index (χ4v) is 4.95. The van der Waals surface area contributed by atoms with Crippen LogP contribution in [0.1, 0.15) is 34.7 Å². The van der Waals surface area contributed by atoms with Crippen LogP contribution in [-0.2, 0) is 0 Å². The Morgan fingerprint density at radius 3 is 2.92 bits per heavy atom. The number of fused-ring (bicyclic) bond motifs is 1. The van der Waals surface area contributed by atoms with Crippen molar-refractivity contribution in [2.45, 2.75) is 23.7 Å². The number of carbonyl (C=O) groups is 1. The van der Waals surface area contributed by atoms with Crippen LogP contribution in [0, 0.1) is 0 Å². The third-order valence-electron chi connectivity index (χ3n) is 5.15. The number of rotatable bonds is 5. The normalized spacial score (nSPS) is 19.8. The maximum atomic E-state index is 12.7. The molecular formula is C21H22ClNO2S. The first-order chi connectivity index (χ1) is 12.7. The summed E-state index contributed by atoms with van der Waals surface area (Å²) in [6.07, 6.45) is 1.65. The van der Waals surface area contributed by atoms with Gasteiger partial charge in [0.05, 0.1) is 16.5 Å². The first kappa shape index (κ1) is 17.9. The SMILES string of the molecule is O=C(CCN1CCC(c2ccccc2)C1)c1ccc2c(c1Cl)OCCS2. The van der Waals surface area contributed by atoms with Gasteiger partial charge in [-0.3, -0.25) is 4.79 Å². The fourth-order valence-electron chi connectivity index (χ4n) is 3.72. The van der Waals surface area contributed by atoms with E-state index in [1.807, 2.05) is 12.1 Å². The zero-order valence-electron chi connectivity index (χ0n) is 14.6. The van der Waals surface area contributed by atoms with E-state index in [2.05, 4.69) is 35.2 Å². The van der Waals surface area contributed by atoms with Crippen molar-refractivity contribution < 1.29 is 9.53 Å². The third-order valence-corrected chi connectivity index (χ3v) is 6.53. The zero-order chi connectivity index (χ0) is 17.9. The molecule has 3 nitrogen and oxygen atoms in total. The summed E-state index contributed by atoms with van der Waals surface area (Å²) in [5, 5.41) is 0.475.